The van der Waals surface area contributed by atoms with Crippen molar-refractivity contribution in [1.29, 1.82) is 0 Å². The van der Waals surface area contributed by atoms with Crippen molar-refractivity contribution in [3.63, 3.8) is 0 Å². The van der Waals surface area contributed by atoms with Gasteiger partial charge in [-0.05, 0) is 31.7 Å². The quantitative estimate of drug-likeness (QED) is 0.851. The van der Waals surface area contributed by atoms with Crippen LogP contribution >= 0.6 is 0 Å². The zero-order chi connectivity index (χ0) is 11.8. The molecule has 3 heteroatoms. The van der Waals surface area contributed by atoms with Crippen LogP contribution in [0.3, 0.4) is 0 Å². The largest absolute Gasteiger partial charge is 0.389 e. The summed E-state index contributed by atoms with van der Waals surface area (Å²) in [6, 6.07) is 2.09. The Bertz CT molecular complexity index is 372. The molecule has 0 aromatic carbocycles. The highest BCUT2D eigenvalue weighted by Crippen LogP contribution is 2.39. The third kappa shape index (κ3) is 2.01. The second-order valence-corrected chi connectivity index (χ2v) is 5.18. The summed E-state index contributed by atoms with van der Waals surface area (Å²) in [6.07, 6.45) is 5.10. The van der Waals surface area contributed by atoms with Crippen molar-refractivity contribution in [3.8, 4) is 0 Å². The fourth-order valence-corrected chi connectivity index (χ4v) is 3.09. The van der Waals surface area contributed by atoms with E-state index in [2.05, 4.69) is 18.1 Å². The van der Waals surface area contributed by atoms with Gasteiger partial charge < -0.3 is 5.11 Å². The van der Waals surface area contributed by atoms with Gasteiger partial charge in [0.2, 0.25) is 0 Å². The number of aliphatic hydroxyl groups is 1. The minimum atomic E-state index is -0.491. The van der Waals surface area contributed by atoms with E-state index in [-0.39, 0.29) is 0 Å². The van der Waals surface area contributed by atoms with E-state index in [0.29, 0.717) is 5.92 Å². The van der Waals surface area contributed by atoms with Gasteiger partial charge in [-0.15, -0.1) is 0 Å². The van der Waals surface area contributed by atoms with Gasteiger partial charge in [0.15, 0.2) is 0 Å². The second kappa shape index (κ2) is 4.21. The summed E-state index contributed by atoms with van der Waals surface area (Å²) in [4.78, 5) is 0. The molecule has 1 fully saturated rings. The van der Waals surface area contributed by atoms with Crippen LogP contribution in [0, 0.1) is 12.8 Å². The maximum atomic E-state index is 10.7. The van der Waals surface area contributed by atoms with Gasteiger partial charge in [0.1, 0.15) is 0 Å². The molecule has 1 saturated carbocycles. The third-order valence-corrected chi connectivity index (χ3v) is 4.00. The maximum absolute atomic E-state index is 10.7. The van der Waals surface area contributed by atoms with Crippen molar-refractivity contribution in [2.75, 3.05) is 0 Å². The summed E-state index contributed by atoms with van der Waals surface area (Å²) >= 11 is 0. The Morgan fingerprint density at radius 3 is 2.94 bits per heavy atom. The third-order valence-electron chi connectivity index (χ3n) is 4.00. The van der Waals surface area contributed by atoms with E-state index in [4.69, 9.17) is 0 Å². The first-order chi connectivity index (χ1) is 7.55. The standard InChI is InChI=1S/C13H22N2O/c1-4-11-6-5-7-13(11,16)9-12-8-10(2)14-15(12)3/h8,11,16H,4-7,9H2,1-3H3. The van der Waals surface area contributed by atoms with E-state index in [1.165, 1.54) is 6.42 Å². The summed E-state index contributed by atoms with van der Waals surface area (Å²) < 4.78 is 1.90. The Balaban J connectivity index is 2.17. The van der Waals surface area contributed by atoms with Crippen LogP contribution < -0.4 is 0 Å². The Kier molecular flexibility index (Phi) is 3.06. The molecule has 1 aromatic heterocycles. The molecule has 2 rings (SSSR count). The van der Waals surface area contributed by atoms with Gasteiger partial charge in [0.25, 0.3) is 0 Å². The van der Waals surface area contributed by atoms with Crippen molar-refractivity contribution >= 4 is 0 Å². The van der Waals surface area contributed by atoms with Crippen LogP contribution in [0.15, 0.2) is 6.07 Å². The van der Waals surface area contributed by atoms with Gasteiger partial charge in [0.05, 0.1) is 11.3 Å². The molecule has 90 valence electrons. The molecule has 1 heterocycles. The molecule has 0 saturated heterocycles. The smallest absolute Gasteiger partial charge is 0.0730 e. The predicted octanol–water partition coefficient (Wildman–Crippen LogP) is 2.21. The Morgan fingerprint density at radius 1 is 1.62 bits per heavy atom. The van der Waals surface area contributed by atoms with Crippen LogP contribution in [0.4, 0.5) is 0 Å². The van der Waals surface area contributed by atoms with Crippen molar-refractivity contribution < 1.29 is 5.11 Å². The van der Waals surface area contributed by atoms with Gasteiger partial charge in [0, 0.05) is 19.2 Å². The number of hydrogen-bond acceptors (Lipinski definition) is 2. The molecule has 0 spiro atoms. The lowest BCUT2D eigenvalue weighted by atomic mass is 9.85. The van der Waals surface area contributed by atoms with Crippen LogP contribution in [0.2, 0.25) is 0 Å². The van der Waals surface area contributed by atoms with Crippen LogP contribution in [0.5, 0.6) is 0 Å². The molecular formula is C13H22N2O. The zero-order valence-electron chi connectivity index (χ0n) is 10.5. The molecule has 0 aliphatic heterocycles. The van der Waals surface area contributed by atoms with E-state index in [9.17, 15) is 5.11 Å². The molecule has 1 aliphatic rings. The topological polar surface area (TPSA) is 38.1 Å². The molecule has 1 aliphatic carbocycles. The highest BCUT2D eigenvalue weighted by molar-refractivity contribution is 5.13. The Labute approximate surface area is 97.5 Å². The average Bonchev–Trinajstić information content (AvgIpc) is 2.71. The number of nitrogens with zero attached hydrogens (tertiary/aromatic N) is 2. The molecular weight excluding hydrogens is 200 g/mol. The van der Waals surface area contributed by atoms with Gasteiger partial charge in [-0.25, -0.2) is 0 Å². The molecule has 0 radical (unpaired) electrons. The number of aromatic nitrogens is 2. The van der Waals surface area contributed by atoms with E-state index < -0.39 is 5.60 Å². The molecule has 3 nitrogen and oxygen atoms in total. The zero-order valence-corrected chi connectivity index (χ0v) is 10.5. The van der Waals surface area contributed by atoms with Crippen LogP contribution in [-0.2, 0) is 13.5 Å². The van der Waals surface area contributed by atoms with Crippen molar-refractivity contribution in [1.82, 2.24) is 9.78 Å². The summed E-state index contributed by atoms with van der Waals surface area (Å²) in [7, 11) is 1.96. The lowest BCUT2D eigenvalue weighted by molar-refractivity contribution is -0.000106. The first-order valence-electron chi connectivity index (χ1n) is 6.27. The Morgan fingerprint density at radius 2 is 2.38 bits per heavy atom. The monoisotopic (exact) mass is 222 g/mol. The maximum Gasteiger partial charge on any atom is 0.0730 e. The van der Waals surface area contributed by atoms with E-state index in [0.717, 1.165) is 37.1 Å². The Hall–Kier alpha value is -0.830. The van der Waals surface area contributed by atoms with Gasteiger partial charge in [-0.3, -0.25) is 4.68 Å². The van der Waals surface area contributed by atoms with Gasteiger partial charge in [-0.1, -0.05) is 19.8 Å². The number of rotatable bonds is 3. The molecule has 1 aromatic rings. The lowest BCUT2D eigenvalue weighted by Gasteiger charge is -2.29. The van der Waals surface area contributed by atoms with Crippen molar-refractivity contribution in [2.24, 2.45) is 13.0 Å². The fraction of sp³-hybridized carbons (Fsp3) is 0.769. The van der Waals surface area contributed by atoms with Crippen molar-refractivity contribution in [3.05, 3.63) is 17.5 Å². The SMILES string of the molecule is CCC1CCCC1(O)Cc1cc(C)nn1C. The van der Waals surface area contributed by atoms with E-state index >= 15 is 0 Å². The first kappa shape index (κ1) is 11.6. The van der Waals surface area contributed by atoms with E-state index in [1.54, 1.807) is 0 Å². The van der Waals surface area contributed by atoms with E-state index in [1.807, 2.05) is 18.7 Å². The lowest BCUT2D eigenvalue weighted by Crippen LogP contribution is -2.36. The van der Waals surface area contributed by atoms with Gasteiger partial charge in [-0.2, -0.15) is 5.10 Å². The minimum absolute atomic E-state index is 0.461. The summed E-state index contributed by atoms with van der Waals surface area (Å²) in [5.41, 5.74) is 1.70. The van der Waals surface area contributed by atoms with Crippen molar-refractivity contribution in [2.45, 2.75) is 51.6 Å². The average molecular weight is 222 g/mol. The minimum Gasteiger partial charge on any atom is -0.389 e. The molecule has 2 unspecified atom stereocenters. The molecule has 0 amide bonds. The number of aryl methyl sites for hydroxylation is 2. The highest BCUT2D eigenvalue weighted by Gasteiger charge is 2.40. The normalized spacial score (nSPS) is 29.9. The summed E-state index contributed by atoms with van der Waals surface area (Å²) in [5.74, 6) is 0.461. The highest BCUT2D eigenvalue weighted by atomic mass is 16.3. The predicted molar refractivity (Wildman–Crippen MR) is 64.2 cm³/mol. The fourth-order valence-electron chi connectivity index (χ4n) is 3.09. The van der Waals surface area contributed by atoms with Crippen LogP contribution in [0.1, 0.15) is 44.0 Å². The van der Waals surface area contributed by atoms with Crippen LogP contribution in [0.25, 0.3) is 0 Å². The van der Waals surface area contributed by atoms with Gasteiger partial charge >= 0.3 is 0 Å². The summed E-state index contributed by atoms with van der Waals surface area (Å²) in [5, 5.41) is 15.0. The number of hydrogen-bond donors (Lipinski definition) is 1. The molecule has 2 atom stereocenters. The molecule has 1 N–H and O–H groups in total. The first-order valence-corrected chi connectivity index (χ1v) is 6.27. The second-order valence-electron chi connectivity index (χ2n) is 5.18. The van der Waals surface area contributed by atoms with Crippen LogP contribution in [-0.4, -0.2) is 20.5 Å². The molecule has 0 bridgehead atoms. The molecule has 16 heavy (non-hydrogen) atoms. The summed E-state index contributed by atoms with van der Waals surface area (Å²) in [6.45, 7) is 4.18.